The van der Waals surface area contributed by atoms with Crippen LogP contribution in [0.15, 0.2) is 18.2 Å². The number of nitrogens with two attached hydrogens (primary N) is 1. The molecule has 17 heavy (non-hydrogen) atoms. The molecule has 0 saturated heterocycles. The number of methoxy groups -OCH3 is 1. The van der Waals surface area contributed by atoms with Gasteiger partial charge in [0.1, 0.15) is 5.75 Å². The molecule has 0 amide bonds. The van der Waals surface area contributed by atoms with Crippen molar-refractivity contribution >= 4 is 5.78 Å². The second-order valence-corrected chi connectivity index (χ2v) is 4.48. The molecular formula is C14H21NO2. The van der Waals surface area contributed by atoms with E-state index in [4.69, 9.17) is 10.5 Å². The number of hydrogen-bond acceptors (Lipinski definition) is 3. The molecule has 0 aliphatic heterocycles. The Labute approximate surface area is 103 Å². The van der Waals surface area contributed by atoms with Gasteiger partial charge in [0.15, 0.2) is 5.78 Å². The smallest absolute Gasteiger partial charge is 0.163 e. The standard InChI is InChI=1S/C14H21NO2/c1-10(9-15)4-7-14(16)13-6-5-12(17-3)8-11(13)2/h5-6,8,10H,4,7,9,15H2,1-3H3. The number of Topliss-reactive ketones (excluding diaryl/α,β-unsaturated/α-hetero) is 1. The highest BCUT2D eigenvalue weighted by atomic mass is 16.5. The second kappa shape index (κ2) is 6.40. The van der Waals surface area contributed by atoms with Gasteiger partial charge in [-0.2, -0.15) is 0 Å². The molecule has 0 heterocycles. The largest absolute Gasteiger partial charge is 0.497 e. The van der Waals surface area contributed by atoms with Gasteiger partial charge in [-0.25, -0.2) is 0 Å². The molecule has 94 valence electrons. The van der Waals surface area contributed by atoms with E-state index in [1.807, 2.05) is 25.1 Å². The maximum Gasteiger partial charge on any atom is 0.163 e. The highest BCUT2D eigenvalue weighted by molar-refractivity contribution is 5.97. The summed E-state index contributed by atoms with van der Waals surface area (Å²) in [6.07, 6.45) is 1.41. The summed E-state index contributed by atoms with van der Waals surface area (Å²) >= 11 is 0. The van der Waals surface area contributed by atoms with Crippen molar-refractivity contribution in [3.8, 4) is 5.75 Å². The van der Waals surface area contributed by atoms with Gasteiger partial charge < -0.3 is 10.5 Å². The van der Waals surface area contributed by atoms with Gasteiger partial charge in [-0.15, -0.1) is 0 Å². The van der Waals surface area contributed by atoms with Crippen molar-refractivity contribution in [1.29, 1.82) is 0 Å². The van der Waals surface area contributed by atoms with Crippen molar-refractivity contribution < 1.29 is 9.53 Å². The molecule has 0 radical (unpaired) electrons. The Morgan fingerprint density at radius 3 is 2.71 bits per heavy atom. The van der Waals surface area contributed by atoms with Crippen LogP contribution in [-0.4, -0.2) is 19.4 Å². The first-order valence-electron chi connectivity index (χ1n) is 5.96. The predicted octanol–water partition coefficient (Wildman–Crippen LogP) is 2.56. The van der Waals surface area contributed by atoms with E-state index in [0.29, 0.717) is 18.9 Å². The number of benzene rings is 1. The Morgan fingerprint density at radius 1 is 1.47 bits per heavy atom. The van der Waals surface area contributed by atoms with Gasteiger partial charge in [0.2, 0.25) is 0 Å². The van der Waals surface area contributed by atoms with Crippen LogP contribution in [0.3, 0.4) is 0 Å². The molecule has 3 heteroatoms. The molecule has 0 aromatic heterocycles. The van der Waals surface area contributed by atoms with Crippen LogP contribution < -0.4 is 10.5 Å². The lowest BCUT2D eigenvalue weighted by atomic mass is 9.97. The third-order valence-corrected chi connectivity index (χ3v) is 3.00. The molecule has 3 nitrogen and oxygen atoms in total. The number of carbonyl (C=O) groups is 1. The minimum Gasteiger partial charge on any atom is -0.497 e. The van der Waals surface area contributed by atoms with E-state index in [-0.39, 0.29) is 5.78 Å². The highest BCUT2D eigenvalue weighted by Crippen LogP contribution is 2.19. The number of carbonyl (C=O) groups excluding carboxylic acids is 1. The Kier molecular flexibility index (Phi) is 5.16. The van der Waals surface area contributed by atoms with Gasteiger partial charge in [-0.3, -0.25) is 4.79 Å². The van der Waals surface area contributed by atoms with Crippen molar-refractivity contribution in [2.45, 2.75) is 26.7 Å². The molecule has 0 spiro atoms. The van der Waals surface area contributed by atoms with Crippen molar-refractivity contribution in [2.24, 2.45) is 11.7 Å². The Balaban J connectivity index is 2.69. The lowest BCUT2D eigenvalue weighted by molar-refractivity contribution is 0.0974. The molecule has 1 atom stereocenters. The summed E-state index contributed by atoms with van der Waals surface area (Å²) in [6, 6.07) is 5.55. The lowest BCUT2D eigenvalue weighted by Gasteiger charge is -2.09. The Morgan fingerprint density at radius 2 is 2.18 bits per heavy atom. The molecule has 0 aliphatic rings. The summed E-state index contributed by atoms with van der Waals surface area (Å²) in [5.74, 6) is 1.37. The number of hydrogen-bond donors (Lipinski definition) is 1. The van der Waals surface area contributed by atoms with Gasteiger partial charge in [-0.05, 0) is 49.6 Å². The van der Waals surface area contributed by atoms with Gasteiger partial charge >= 0.3 is 0 Å². The normalized spacial score (nSPS) is 12.2. The molecule has 2 N–H and O–H groups in total. The zero-order valence-electron chi connectivity index (χ0n) is 10.8. The minimum atomic E-state index is 0.186. The van der Waals surface area contributed by atoms with E-state index in [9.17, 15) is 4.79 Å². The molecule has 1 rings (SSSR count). The maximum absolute atomic E-state index is 12.0. The quantitative estimate of drug-likeness (QED) is 0.771. The monoisotopic (exact) mass is 235 g/mol. The molecule has 0 bridgehead atoms. The first-order chi connectivity index (χ1) is 8.08. The second-order valence-electron chi connectivity index (χ2n) is 4.48. The van der Waals surface area contributed by atoms with Crippen LogP contribution in [-0.2, 0) is 0 Å². The van der Waals surface area contributed by atoms with Crippen LogP contribution >= 0.6 is 0 Å². The summed E-state index contributed by atoms with van der Waals surface area (Å²) < 4.78 is 5.12. The third kappa shape index (κ3) is 3.86. The van der Waals surface area contributed by atoms with E-state index in [1.165, 1.54) is 0 Å². The van der Waals surface area contributed by atoms with Crippen LogP contribution in [0.1, 0.15) is 35.7 Å². The van der Waals surface area contributed by atoms with Gasteiger partial charge in [0.25, 0.3) is 0 Å². The van der Waals surface area contributed by atoms with Crippen LogP contribution in [0.4, 0.5) is 0 Å². The SMILES string of the molecule is COc1ccc(C(=O)CCC(C)CN)c(C)c1. The molecule has 0 saturated carbocycles. The summed E-state index contributed by atoms with van der Waals surface area (Å²) in [4.78, 5) is 12.0. The van der Waals surface area contributed by atoms with Crippen LogP contribution in [0.25, 0.3) is 0 Å². The zero-order chi connectivity index (χ0) is 12.8. The number of ether oxygens (including phenoxy) is 1. The van der Waals surface area contributed by atoms with Crippen molar-refractivity contribution in [3.63, 3.8) is 0 Å². The average Bonchev–Trinajstić information content (AvgIpc) is 2.35. The molecule has 1 unspecified atom stereocenters. The van der Waals surface area contributed by atoms with Crippen LogP contribution in [0.5, 0.6) is 5.75 Å². The van der Waals surface area contributed by atoms with Crippen LogP contribution in [0, 0.1) is 12.8 Å². The molecule has 1 aromatic rings. The fourth-order valence-electron chi connectivity index (χ4n) is 1.71. The van der Waals surface area contributed by atoms with Gasteiger partial charge in [-0.1, -0.05) is 6.92 Å². The summed E-state index contributed by atoms with van der Waals surface area (Å²) in [5, 5.41) is 0. The van der Waals surface area contributed by atoms with Crippen molar-refractivity contribution in [3.05, 3.63) is 29.3 Å². The van der Waals surface area contributed by atoms with E-state index < -0.39 is 0 Å². The zero-order valence-corrected chi connectivity index (χ0v) is 10.8. The topological polar surface area (TPSA) is 52.3 Å². The molecule has 0 fully saturated rings. The summed E-state index contributed by atoms with van der Waals surface area (Å²) in [7, 11) is 1.62. The Bertz CT molecular complexity index is 388. The predicted molar refractivity (Wildman–Crippen MR) is 69.5 cm³/mol. The van der Waals surface area contributed by atoms with E-state index in [0.717, 1.165) is 23.3 Å². The fraction of sp³-hybridized carbons (Fsp3) is 0.500. The van der Waals surface area contributed by atoms with Gasteiger partial charge in [0, 0.05) is 12.0 Å². The fourth-order valence-corrected chi connectivity index (χ4v) is 1.71. The number of aryl methyl sites for hydroxylation is 1. The minimum absolute atomic E-state index is 0.186. The van der Waals surface area contributed by atoms with Crippen molar-refractivity contribution in [1.82, 2.24) is 0 Å². The van der Waals surface area contributed by atoms with Gasteiger partial charge in [0.05, 0.1) is 7.11 Å². The molecule has 0 aliphatic carbocycles. The van der Waals surface area contributed by atoms with E-state index in [1.54, 1.807) is 7.11 Å². The maximum atomic E-state index is 12.0. The first-order valence-corrected chi connectivity index (χ1v) is 5.96. The van der Waals surface area contributed by atoms with E-state index >= 15 is 0 Å². The number of rotatable bonds is 6. The highest BCUT2D eigenvalue weighted by Gasteiger charge is 2.11. The van der Waals surface area contributed by atoms with E-state index in [2.05, 4.69) is 6.92 Å². The third-order valence-electron chi connectivity index (χ3n) is 3.00. The summed E-state index contributed by atoms with van der Waals surface area (Å²) in [5.41, 5.74) is 7.29. The van der Waals surface area contributed by atoms with Crippen LogP contribution in [0.2, 0.25) is 0 Å². The van der Waals surface area contributed by atoms with Crippen molar-refractivity contribution in [2.75, 3.05) is 13.7 Å². The molecule has 1 aromatic carbocycles. The summed E-state index contributed by atoms with van der Waals surface area (Å²) in [6.45, 7) is 4.63. The Hall–Kier alpha value is -1.35. The average molecular weight is 235 g/mol. The molecular weight excluding hydrogens is 214 g/mol. The lowest BCUT2D eigenvalue weighted by Crippen LogP contribution is -2.12. The first kappa shape index (κ1) is 13.7. The number of ketones is 1.